The molecule has 0 N–H and O–H groups in total. The normalized spacial score (nSPS) is 12.5. The molecule has 0 aliphatic carbocycles. The number of aryl methyl sites for hydroxylation is 1. The van der Waals surface area contributed by atoms with Gasteiger partial charge in [-0.1, -0.05) is 19.0 Å². The van der Waals surface area contributed by atoms with Gasteiger partial charge in [-0.2, -0.15) is 0 Å². The number of ether oxygens (including phenoxy) is 1. The fraction of sp³-hybridized carbons (Fsp3) is 0.636. The van der Waals surface area contributed by atoms with Crippen LogP contribution in [0, 0.1) is 6.92 Å². The standard InChI is InChI=1S/C11H17NO3/c1-5-7(3)10-9(8(4)15-12-10)11(13)14-6-2/h7H,5-6H2,1-4H3. The lowest BCUT2D eigenvalue weighted by atomic mass is 10.0. The number of nitrogens with zero attached hydrogens (tertiary/aromatic N) is 1. The van der Waals surface area contributed by atoms with Gasteiger partial charge < -0.3 is 9.26 Å². The average molecular weight is 211 g/mol. The zero-order chi connectivity index (χ0) is 11.4. The second kappa shape index (κ2) is 4.96. The molecule has 4 nitrogen and oxygen atoms in total. The molecule has 0 bridgehead atoms. The van der Waals surface area contributed by atoms with Gasteiger partial charge in [0.2, 0.25) is 0 Å². The number of carbonyl (C=O) groups is 1. The van der Waals surface area contributed by atoms with E-state index in [1.165, 1.54) is 0 Å². The molecule has 1 aromatic heterocycles. The summed E-state index contributed by atoms with van der Waals surface area (Å²) >= 11 is 0. The van der Waals surface area contributed by atoms with Crippen LogP contribution in [0.4, 0.5) is 0 Å². The van der Waals surface area contributed by atoms with Crippen molar-refractivity contribution in [2.75, 3.05) is 6.61 Å². The molecule has 1 heterocycles. The number of hydrogen-bond acceptors (Lipinski definition) is 4. The average Bonchev–Trinajstić information content (AvgIpc) is 2.59. The van der Waals surface area contributed by atoms with E-state index in [4.69, 9.17) is 9.26 Å². The maximum atomic E-state index is 11.6. The number of esters is 1. The van der Waals surface area contributed by atoms with Gasteiger partial charge in [0.05, 0.1) is 6.61 Å². The number of carbonyl (C=O) groups excluding carboxylic acids is 1. The summed E-state index contributed by atoms with van der Waals surface area (Å²) in [5.74, 6) is 0.400. The van der Waals surface area contributed by atoms with E-state index in [0.29, 0.717) is 23.6 Å². The van der Waals surface area contributed by atoms with Gasteiger partial charge in [0, 0.05) is 5.92 Å². The van der Waals surface area contributed by atoms with E-state index in [2.05, 4.69) is 5.16 Å². The Morgan fingerprint density at radius 3 is 2.73 bits per heavy atom. The summed E-state index contributed by atoms with van der Waals surface area (Å²) in [6.07, 6.45) is 0.915. The van der Waals surface area contributed by atoms with Crippen molar-refractivity contribution in [3.05, 3.63) is 17.0 Å². The Morgan fingerprint density at radius 2 is 2.20 bits per heavy atom. The smallest absolute Gasteiger partial charge is 0.343 e. The van der Waals surface area contributed by atoms with Crippen molar-refractivity contribution < 1.29 is 14.1 Å². The molecule has 0 saturated carbocycles. The molecule has 0 spiro atoms. The SMILES string of the molecule is CCOC(=O)c1c(C(C)CC)noc1C. The fourth-order valence-electron chi connectivity index (χ4n) is 1.37. The molecule has 4 heteroatoms. The van der Waals surface area contributed by atoms with Crippen molar-refractivity contribution in [1.29, 1.82) is 0 Å². The Labute approximate surface area is 89.6 Å². The van der Waals surface area contributed by atoms with Gasteiger partial charge in [-0.3, -0.25) is 0 Å². The molecule has 0 radical (unpaired) electrons. The van der Waals surface area contributed by atoms with Crippen LogP contribution in [0.2, 0.25) is 0 Å². The van der Waals surface area contributed by atoms with Crippen molar-refractivity contribution in [2.24, 2.45) is 0 Å². The molecule has 1 rings (SSSR count). The minimum atomic E-state index is -0.341. The van der Waals surface area contributed by atoms with Crippen LogP contribution in [0.15, 0.2) is 4.52 Å². The van der Waals surface area contributed by atoms with Gasteiger partial charge in [-0.15, -0.1) is 0 Å². The summed E-state index contributed by atoms with van der Waals surface area (Å²) in [6, 6.07) is 0. The van der Waals surface area contributed by atoms with Gasteiger partial charge in [0.15, 0.2) is 0 Å². The summed E-state index contributed by atoms with van der Waals surface area (Å²) in [6.45, 7) is 7.93. The van der Waals surface area contributed by atoms with E-state index in [0.717, 1.165) is 6.42 Å². The molecule has 0 aromatic carbocycles. The van der Waals surface area contributed by atoms with Gasteiger partial charge >= 0.3 is 5.97 Å². The molecule has 1 aromatic rings. The van der Waals surface area contributed by atoms with Crippen molar-refractivity contribution >= 4 is 5.97 Å². The van der Waals surface area contributed by atoms with Crippen molar-refractivity contribution in [1.82, 2.24) is 5.16 Å². The van der Waals surface area contributed by atoms with Crippen molar-refractivity contribution in [2.45, 2.75) is 40.0 Å². The summed E-state index contributed by atoms with van der Waals surface area (Å²) < 4.78 is 10.00. The zero-order valence-corrected chi connectivity index (χ0v) is 9.66. The lowest BCUT2D eigenvalue weighted by Gasteiger charge is -2.06. The van der Waals surface area contributed by atoms with Gasteiger partial charge in [0.1, 0.15) is 17.0 Å². The highest BCUT2D eigenvalue weighted by molar-refractivity contribution is 5.91. The Morgan fingerprint density at radius 1 is 1.53 bits per heavy atom. The van der Waals surface area contributed by atoms with Crippen LogP contribution in [-0.2, 0) is 4.74 Å². The van der Waals surface area contributed by atoms with Crippen LogP contribution in [-0.4, -0.2) is 17.7 Å². The lowest BCUT2D eigenvalue weighted by molar-refractivity contribution is 0.0523. The predicted octanol–water partition coefficient (Wildman–Crippen LogP) is 2.67. The zero-order valence-electron chi connectivity index (χ0n) is 9.66. The number of aromatic nitrogens is 1. The Bertz CT molecular complexity index is 344. The Kier molecular flexibility index (Phi) is 3.88. The largest absolute Gasteiger partial charge is 0.462 e. The Balaban J connectivity index is 3.03. The lowest BCUT2D eigenvalue weighted by Crippen LogP contribution is -2.09. The third-order valence-corrected chi connectivity index (χ3v) is 2.45. The maximum Gasteiger partial charge on any atom is 0.343 e. The second-order valence-electron chi connectivity index (χ2n) is 3.53. The van der Waals surface area contributed by atoms with E-state index >= 15 is 0 Å². The quantitative estimate of drug-likeness (QED) is 0.718. The van der Waals surface area contributed by atoms with Gasteiger partial charge in [0.25, 0.3) is 0 Å². The summed E-state index contributed by atoms with van der Waals surface area (Å²) in [7, 11) is 0. The van der Waals surface area contributed by atoms with E-state index in [1.807, 2.05) is 13.8 Å². The molecule has 1 unspecified atom stereocenters. The van der Waals surface area contributed by atoms with E-state index in [9.17, 15) is 4.79 Å². The van der Waals surface area contributed by atoms with Gasteiger partial charge in [-0.05, 0) is 20.3 Å². The molecule has 1 atom stereocenters. The van der Waals surface area contributed by atoms with Gasteiger partial charge in [-0.25, -0.2) is 4.79 Å². The molecule has 0 fully saturated rings. The van der Waals surface area contributed by atoms with Crippen LogP contribution in [0.1, 0.15) is 54.9 Å². The third-order valence-electron chi connectivity index (χ3n) is 2.45. The van der Waals surface area contributed by atoms with Crippen molar-refractivity contribution in [3.63, 3.8) is 0 Å². The van der Waals surface area contributed by atoms with Crippen molar-refractivity contribution in [3.8, 4) is 0 Å². The molecule has 15 heavy (non-hydrogen) atoms. The van der Waals surface area contributed by atoms with Crippen LogP contribution in [0.5, 0.6) is 0 Å². The summed E-state index contributed by atoms with van der Waals surface area (Å²) in [5, 5.41) is 3.91. The highest BCUT2D eigenvalue weighted by Crippen LogP contribution is 2.24. The van der Waals surface area contributed by atoms with Crippen LogP contribution >= 0.6 is 0 Å². The molecule has 0 aliphatic heterocycles. The third kappa shape index (κ3) is 2.37. The van der Waals surface area contributed by atoms with Crippen LogP contribution < -0.4 is 0 Å². The summed E-state index contributed by atoms with van der Waals surface area (Å²) in [4.78, 5) is 11.6. The Hall–Kier alpha value is -1.32. The summed E-state index contributed by atoms with van der Waals surface area (Å²) in [5.41, 5.74) is 1.19. The minimum absolute atomic E-state index is 0.210. The molecule has 84 valence electrons. The fourth-order valence-corrected chi connectivity index (χ4v) is 1.37. The highest BCUT2D eigenvalue weighted by Gasteiger charge is 2.24. The second-order valence-corrected chi connectivity index (χ2v) is 3.53. The van der Waals surface area contributed by atoms with Crippen LogP contribution in [0.25, 0.3) is 0 Å². The van der Waals surface area contributed by atoms with E-state index < -0.39 is 0 Å². The molecular weight excluding hydrogens is 194 g/mol. The first kappa shape index (κ1) is 11.8. The monoisotopic (exact) mass is 211 g/mol. The van der Waals surface area contributed by atoms with Crippen LogP contribution in [0.3, 0.4) is 0 Å². The molecule has 0 aliphatic rings. The maximum absolute atomic E-state index is 11.6. The first-order chi connectivity index (χ1) is 7.11. The number of hydrogen-bond donors (Lipinski definition) is 0. The molecule has 0 saturated heterocycles. The predicted molar refractivity (Wildman–Crippen MR) is 55.9 cm³/mol. The number of rotatable bonds is 4. The molecular formula is C11H17NO3. The van der Waals surface area contributed by atoms with E-state index in [-0.39, 0.29) is 11.9 Å². The first-order valence-corrected chi connectivity index (χ1v) is 5.25. The minimum Gasteiger partial charge on any atom is -0.462 e. The van der Waals surface area contributed by atoms with E-state index in [1.54, 1.807) is 13.8 Å². The first-order valence-electron chi connectivity index (χ1n) is 5.25. The topological polar surface area (TPSA) is 52.3 Å². The highest BCUT2D eigenvalue weighted by atomic mass is 16.5. The molecule has 0 amide bonds.